The molecule has 2 aromatic carbocycles. The lowest BCUT2D eigenvalue weighted by Gasteiger charge is -2.13. The Bertz CT molecular complexity index is 918. The van der Waals surface area contributed by atoms with E-state index in [1.807, 2.05) is 26.8 Å². The van der Waals surface area contributed by atoms with Crippen LogP contribution in [-0.2, 0) is 4.79 Å². The first-order valence-electron chi connectivity index (χ1n) is 9.27. The molecule has 1 N–H and O–H groups in total. The third kappa shape index (κ3) is 6.26. The van der Waals surface area contributed by atoms with Crippen molar-refractivity contribution >= 4 is 33.6 Å². The zero-order valence-electron chi connectivity index (χ0n) is 16.6. The molecule has 29 heavy (non-hydrogen) atoms. The number of ether oxygens (including phenoxy) is 3. The summed E-state index contributed by atoms with van der Waals surface area (Å²) >= 11 is 3.45. The number of nitrogens with one attached hydrogen (secondary N) is 1. The Balaban J connectivity index is 2.28. The second-order valence-corrected chi connectivity index (χ2v) is 6.62. The highest BCUT2D eigenvalue weighted by atomic mass is 79.9. The molecule has 0 aliphatic rings. The lowest BCUT2D eigenvalue weighted by Crippen LogP contribution is -2.13. The third-order valence-electron chi connectivity index (χ3n) is 3.75. The van der Waals surface area contributed by atoms with Gasteiger partial charge in [0.05, 0.1) is 24.3 Å². The van der Waals surface area contributed by atoms with E-state index in [-0.39, 0.29) is 5.57 Å². The Morgan fingerprint density at radius 2 is 1.66 bits per heavy atom. The van der Waals surface area contributed by atoms with Gasteiger partial charge in [0.1, 0.15) is 28.9 Å². The smallest absolute Gasteiger partial charge is 0.266 e. The van der Waals surface area contributed by atoms with E-state index in [1.165, 1.54) is 6.08 Å². The third-order valence-corrected chi connectivity index (χ3v) is 4.37. The van der Waals surface area contributed by atoms with Crippen molar-refractivity contribution in [2.45, 2.75) is 20.8 Å². The number of nitrogens with zero attached hydrogens (tertiary/aromatic N) is 1. The largest absolute Gasteiger partial charge is 0.494 e. The van der Waals surface area contributed by atoms with E-state index in [9.17, 15) is 10.1 Å². The summed E-state index contributed by atoms with van der Waals surface area (Å²) in [6.07, 6.45) is 1.50. The van der Waals surface area contributed by atoms with Crippen LogP contribution in [0.1, 0.15) is 26.3 Å². The number of rotatable bonds is 9. The number of nitriles is 1. The van der Waals surface area contributed by atoms with Gasteiger partial charge in [0.15, 0.2) is 0 Å². The maximum Gasteiger partial charge on any atom is 0.266 e. The molecule has 0 saturated carbocycles. The maximum atomic E-state index is 12.6. The second-order valence-electron chi connectivity index (χ2n) is 5.77. The standard InChI is InChI=1S/C22H23BrN2O4/c1-4-27-18-9-7-17(8-10-18)25-22(26)16(14-24)11-15-12-19(23)21(29-6-3)13-20(15)28-5-2/h7-13H,4-6H2,1-3H3,(H,25,26)/b16-11-. The van der Waals surface area contributed by atoms with Crippen LogP contribution < -0.4 is 19.5 Å². The summed E-state index contributed by atoms with van der Waals surface area (Å²) in [5.74, 6) is 1.36. The zero-order valence-corrected chi connectivity index (χ0v) is 18.2. The first-order valence-corrected chi connectivity index (χ1v) is 10.1. The first-order chi connectivity index (χ1) is 14.0. The Morgan fingerprint density at radius 1 is 1.03 bits per heavy atom. The second kappa shape index (κ2) is 11.1. The van der Waals surface area contributed by atoms with E-state index in [4.69, 9.17) is 14.2 Å². The van der Waals surface area contributed by atoms with E-state index < -0.39 is 5.91 Å². The molecule has 0 saturated heterocycles. The highest BCUT2D eigenvalue weighted by Crippen LogP contribution is 2.34. The predicted octanol–water partition coefficient (Wildman–Crippen LogP) is 5.19. The fourth-order valence-corrected chi connectivity index (χ4v) is 2.99. The fourth-order valence-electron chi connectivity index (χ4n) is 2.51. The molecule has 0 atom stereocenters. The van der Waals surface area contributed by atoms with Crippen LogP contribution in [0.2, 0.25) is 0 Å². The van der Waals surface area contributed by atoms with E-state index in [0.717, 1.165) is 0 Å². The number of hydrogen-bond acceptors (Lipinski definition) is 5. The topological polar surface area (TPSA) is 80.6 Å². The first kappa shape index (κ1) is 22.3. The van der Waals surface area contributed by atoms with Crippen LogP contribution in [0, 0.1) is 11.3 Å². The van der Waals surface area contributed by atoms with Crippen LogP contribution in [-0.4, -0.2) is 25.7 Å². The number of anilines is 1. The molecular formula is C22H23BrN2O4. The number of carbonyl (C=O) groups excluding carboxylic acids is 1. The van der Waals surface area contributed by atoms with Gasteiger partial charge in [-0.1, -0.05) is 0 Å². The highest BCUT2D eigenvalue weighted by Gasteiger charge is 2.14. The zero-order chi connectivity index (χ0) is 21.2. The van der Waals surface area contributed by atoms with E-state index in [0.29, 0.717) is 52.8 Å². The van der Waals surface area contributed by atoms with Crippen LogP contribution in [0.15, 0.2) is 46.4 Å². The summed E-state index contributed by atoms with van der Waals surface area (Å²) in [6.45, 7) is 7.16. The highest BCUT2D eigenvalue weighted by molar-refractivity contribution is 9.10. The number of halogens is 1. The summed E-state index contributed by atoms with van der Waals surface area (Å²) in [4.78, 5) is 12.6. The monoisotopic (exact) mass is 458 g/mol. The number of carbonyl (C=O) groups is 1. The number of amides is 1. The SMILES string of the molecule is CCOc1ccc(NC(=O)/C(C#N)=C\c2cc(Br)c(OCC)cc2OCC)cc1. The van der Waals surface area contributed by atoms with Crippen LogP contribution >= 0.6 is 15.9 Å². The minimum atomic E-state index is -0.510. The molecule has 0 spiro atoms. The van der Waals surface area contributed by atoms with Crippen molar-refractivity contribution < 1.29 is 19.0 Å². The van der Waals surface area contributed by atoms with Crippen LogP contribution in [0.25, 0.3) is 6.08 Å². The van der Waals surface area contributed by atoms with Gasteiger partial charge in [0.2, 0.25) is 0 Å². The molecule has 152 valence electrons. The lowest BCUT2D eigenvalue weighted by molar-refractivity contribution is -0.112. The van der Waals surface area contributed by atoms with Crippen molar-refractivity contribution in [2.75, 3.05) is 25.1 Å². The average molecular weight is 459 g/mol. The van der Waals surface area contributed by atoms with Crippen molar-refractivity contribution in [1.82, 2.24) is 0 Å². The van der Waals surface area contributed by atoms with E-state index in [2.05, 4.69) is 21.2 Å². The molecule has 2 rings (SSSR count). The Hall–Kier alpha value is -2.98. The molecule has 0 aliphatic heterocycles. The van der Waals surface area contributed by atoms with Gasteiger partial charge >= 0.3 is 0 Å². The van der Waals surface area contributed by atoms with Crippen molar-refractivity contribution in [3.05, 3.63) is 52.0 Å². The van der Waals surface area contributed by atoms with Crippen LogP contribution in [0.5, 0.6) is 17.2 Å². The molecule has 2 aromatic rings. The average Bonchev–Trinajstić information content (AvgIpc) is 2.71. The minimum Gasteiger partial charge on any atom is -0.494 e. The Kier molecular flexibility index (Phi) is 8.56. The van der Waals surface area contributed by atoms with E-state index in [1.54, 1.807) is 36.4 Å². The predicted molar refractivity (Wildman–Crippen MR) is 116 cm³/mol. The molecule has 0 fully saturated rings. The quantitative estimate of drug-likeness (QED) is 0.412. The Labute approximate surface area is 179 Å². The summed E-state index contributed by atoms with van der Waals surface area (Å²) in [6, 6.07) is 12.4. The summed E-state index contributed by atoms with van der Waals surface area (Å²) in [5, 5.41) is 12.2. The normalized spacial score (nSPS) is 10.8. The number of hydrogen-bond donors (Lipinski definition) is 1. The number of benzene rings is 2. The molecule has 0 heterocycles. The van der Waals surface area contributed by atoms with Gasteiger partial charge in [-0.15, -0.1) is 0 Å². The summed E-state index contributed by atoms with van der Waals surface area (Å²) in [5.41, 5.74) is 1.12. The van der Waals surface area contributed by atoms with Crippen molar-refractivity contribution in [2.24, 2.45) is 0 Å². The molecular weight excluding hydrogens is 436 g/mol. The van der Waals surface area contributed by atoms with Gasteiger partial charge in [0.25, 0.3) is 5.91 Å². The lowest BCUT2D eigenvalue weighted by atomic mass is 10.1. The fraction of sp³-hybridized carbons (Fsp3) is 0.273. The minimum absolute atomic E-state index is 0.0455. The van der Waals surface area contributed by atoms with Crippen LogP contribution in [0.3, 0.4) is 0 Å². The molecule has 0 bridgehead atoms. The molecule has 1 amide bonds. The van der Waals surface area contributed by atoms with E-state index >= 15 is 0 Å². The Morgan fingerprint density at radius 3 is 2.24 bits per heavy atom. The summed E-state index contributed by atoms with van der Waals surface area (Å²) in [7, 11) is 0. The van der Waals surface area contributed by atoms with Gasteiger partial charge in [-0.2, -0.15) is 5.26 Å². The van der Waals surface area contributed by atoms with Crippen molar-refractivity contribution in [1.29, 1.82) is 5.26 Å². The summed E-state index contributed by atoms with van der Waals surface area (Å²) < 4.78 is 17.3. The molecule has 6 nitrogen and oxygen atoms in total. The van der Waals surface area contributed by atoms with Crippen LogP contribution in [0.4, 0.5) is 5.69 Å². The molecule has 0 unspecified atom stereocenters. The molecule has 0 aliphatic carbocycles. The van der Waals surface area contributed by atoms with Crippen molar-refractivity contribution in [3.8, 4) is 23.3 Å². The van der Waals surface area contributed by atoms with Gasteiger partial charge in [-0.25, -0.2) is 0 Å². The van der Waals surface area contributed by atoms with Gasteiger partial charge in [-0.05, 0) is 73.1 Å². The molecule has 0 radical (unpaired) electrons. The van der Waals surface area contributed by atoms with Gasteiger partial charge < -0.3 is 19.5 Å². The van der Waals surface area contributed by atoms with Gasteiger partial charge in [0, 0.05) is 17.3 Å². The molecule has 7 heteroatoms. The molecule has 0 aromatic heterocycles. The maximum absolute atomic E-state index is 12.6. The van der Waals surface area contributed by atoms with Gasteiger partial charge in [-0.3, -0.25) is 4.79 Å². The van der Waals surface area contributed by atoms with Crippen molar-refractivity contribution in [3.63, 3.8) is 0 Å².